The number of nitrogens with two attached hydrogens (primary N) is 1. The van der Waals surface area contributed by atoms with Gasteiger partial charge in [0.15, 0.2) is 0 Å². The highest BCUT2D eigenvalue weighted by Gasteiger charge is 2.09. The topological polar surface area (TPSA) is 61.7 Å². The van der Waals surface area contributed by atoms with Gasteiger partial charge in [0, 0.05) is 29.7 Å². The van der Waals surface area contributed by atoms with E-state index in [9.17, 15) is 0 Å². The molecule has 2 aromatic heterocycles. The Labute approximate surface area is 117 Å². The predicted molar refractivity (Wildman–Crippen MR) is 79.5 cm³/mol. The van der Waals surface area contributed by atoms with Crippen molar-refractivity contribution >= 4 is 5.69 Å². The highest BCUT2D eigenvalue weighted by atomic mass is 15.3. The molecule has 0 saturated heterocycles. The number of rotatable bonds is 4. The molecule has 5 heteroatoms. The fourth-order valence-corrected chi connectivity index (χ4v) is 2.20. The zero-order chi connectivity index (χ0) is 13.9. The van der Waals surface area contributed by atoms with Crippen LogP contribution in [-0.2, 0) is 6.54 Å². The van der Waals surface area contributed by atoms with E-state index in [2.05, 4.69) is 17.0 Å². The minimum atomic E-state index is 0.756. The Morgan fingerprint density at radius 3 is 2.70 bits per heavy atom. The van der Waals surface area contributed by atoms with Gasteiger partial charge in [0.05, 0.1) is 24.4 Å². The van der Waals surface area contributed by atoms with Gasteiger partial charge in [-0.3, -0.25) is 9.25 Å². The number of imidazole rings is 1. The van der Waals surface area contributed by atoms with Crippen molar-refractivity contribution in [1.82, 2.24) is 19.3 Å². The highest BCUT2D eigenvalue weighted by molar-refractivity contribution is 5.60. The standard InChI is InChI=1S/C15H17N5/c1-2-7-19-10-12(8-18-19)15-9-17-11-20(15)14-5-3-13(16)4-6-14/h3-6,8-11H,2,7,16H2,1H3. The van der Waals surface area contributed by atoms with Gasteiger partial charge in [-0.2, -0.15) is 5.10 Å². The van der Waals surface area contributed by atoms with E-state index in [1.807, 2.05) is 52.1 Å². The van der Waals surface area contributed by atoms with Crippen LogP contribution in [0, 0.1) is 0 Å². The first-order chi connectivity index (χ1) is 9.78. The van der Waals surface area contributed by atoms with Crippen LogP contribution in [0.15, 0.2) is 49.2 Å². The second kappa shape index (κ2) is 5.21. The van der Waals surface area contributed by atoms with Crippen LogP contribution in [0.1, 0.15) is 13.3 Å². The van der Waals surface area contributed by atoms with E-state index in [-0.39, 0.29) is 0 Å². The van der Waals surface area contributed by atoms with E-state index in [1.54, 1.807) is 6.33 Å². The van der Waals surface area contributed by atoms with Crippen LogP contribution in [0.3, 0.4) is 0 Å². The molecule has 0 saturated carbocycles. The van der Waals surface area contributed by atoms with Crippen molar-refractivity contribution in [2.75, 3.05) is 5.73 Å². The molecule has 0 amide bonds. The lowest BCUT2D eigenvalue weighted by atomic mass is 10.2. The number of hydrogen-bond donors (Lipinski definition) is 1. The molecule has 3 aromatic rings. The summed E-state index contributed by atoms with van der Waals surface area (Å²) in [5, 5.41) is 4.37. The van der Waals surface area contributed by atoms with Crippen LogP contribution in [-0.4, -0.2) is 19.3 Å². The number of benzene rings is 1. The first-order valence-corrected chi connectivity index (χ1v) is 6.69. The molecule has 5 nitrogen and oxygen atoms in total. The van der Waals surface area contributed by atoms with Gasteiger partial charge in [-0.25, -0.2) is 4.98 Å². The molecule has 20 heavy (non-hydrogen) atoms. The van der Waals surface area contributed by atoms with E-state index in [4.69, 9.17) is 5.73 Å². The van der Waals surface area contributed by atoms with Gasteiger partial charge in [-0.05, 0) is 30.7 Å². The van der Waals surface area contributed by atoms with Crippen LogP contribution in [0.25, 0.3) is 16.9 Å². The Bertz CT molecular complexity index is 693. The van der Waals surface area contributed by atoms with Crippen molar-refractivity contribution in [2.24, 2.45) is 0 Å². The second-order valence-electron chi connectivity index (χ2n) is 4.73. The molecular formula is C15H17N5. The minimum absolute atomic E-state index is 0.756. The third kappa shape index (κ3) is 2.30. The fraction of sp³-hybridized carbons (Fsp3) is 0.200. The summed E-state index contributed by atoms with van der Waals surface area (Å²) in [6.45, 7) is 3.07. The van der Waals surface area contributed by atoms with Crippen LogP contribution in [0.5, 0.6) is 0 Å². The van der Waals surface area contributed by atoms with Gasteiger partial charge in [0.25, 0.3) is 0 Å². The molecular weight excluding hydrogens is 250 g/mol. The van der Waals surface area contributed by atoms with E-state index in [0.29, 0.717) is 0 Å². The Hall–Kier alpha value is -2.56. The summed E-state index contributed by atoms with van der Waals surface area (Å²) in [5.74, 6) is 0. The van der Waals surface area contributed by atoms with Gasteiger partial charge >= 0.3 is 0 Å². The van der Waals surface area contributed by atoms with Crippen molar-refractivity contribution < 1.29 is 0 Å². The quantitative estimate of drug-likeness (QED) is 0.739. The molecule has 0 unspecified atom stereocenters. The number of nitrogens with zero attached hydrogens (tertiary/aromatic N) is 4. The molecule has 0 aliphatic heterocycles. The molecule has 3 rings (SSSR count). The van der Waals surface area contributed by atoms with Gasteiger partial charge in [0.1, 0.15) is 0 Å². The number of aryl methyl sites for hydroxylation is 1. The summed E-state index contributed by atoms with van der Waals surface area (Å²) in [4.78, 5) is 4.25. The third-order valence-corrected chi connectivity index (χ3v) is 3.19. The smallest absolute Gasteiger partial charge is 0.0997 e. The van der Waals surface area contributed by atoms with Crippen molar-refractivity contribution in [1.29, 1.82) is 0 Å². The lowest BCUT2D eigenvalue weighted by Crippen LogP contribution is -1.96. The van der Waals surface area contributed by atoms with Gasteiger partial charge in [-0.1, -0.05) is 6.92 Å². The maximum absolute atomic E-state index is 5.73. The van der Waals surface area contributed by atoms with Crippen LogP contribution < -0.4 is 5.73 Å². The zero-order valence-corrected chi connectivity index (χ0v) is 11.4. The lowest BCUT2D eigenvalue weighted by molar-refractivity contribution is 0.603. The summed E-state index contributed by atoms with van der Waals surface area (Å²) >= 11 is 0. The molecule has 0 atom stereocenters. The Morgan fingerprint density at radius 1 is 1.15 bits per heavy atom. The normalized spacial score (nSPS) is 10.8. The van der Waals surface area contributed by atoms with E-state index >= 15 is 0 Å². The SMILES string of the molecule is CCCn1cc(-c2cncn2-c2ccc(N)cc2)cn1. The van der Waals surface area contributed by atoms with Gasteiger partial charge < -0.3 is 5.73 Å². The summed E-state index contributed by atoms with van der Waals surface area (Å²) in [7, 11) is 0. The molecule has 2 N–H and O–H groups in total. The number of hydrogen-bond acceptors (Lipinski definition) is 3. The number of aromatic nitrogens is 4. The maximum Gasteiger partial charge on any atom is 0.0997 e. The largest absolute Gasteiger partial charge is 0.399 e. The molecule has 102 valence electrons. The van der Waals surface area contributed by atoms with E-state index in [0.717, 1.165) is 35.6 Å². The molecule has 0 fully saturated rings. The van der Waals surface area contributed by atoms with Crippen molar-refractivity contribution in [3.05, 3.63) is 49.2 Å². The third-order valence-electron chi connectivity index (χ3n) is 3.19. The summed E-state index contributed by atoms with van der Waals surface area (Å²) < 4.78 is 3.99. The molecule has 0 radical (unpaired) electrons. The molecule has 0 aliphatic carbocycles. The van der Waals surface area contributed by atoms with Crippen molar-refractivity contribution in [2.45, 2.75) is 19.9 Å². The molecule has 2 heterocycles. The van der Waals surface area contributed by atoms with Crippen molar-refractivity contribution in [3.8, 4) is 16.9 Å². The minimum Gasteiger partial charge on any atom is -0.399 e. The van der Waals surface area contributed by atoms with Gasteiger partial charge in [0.2, 0.25) is 0 Å². The molecule has 0 bridgehead atoms. The predicted octanol–water partition coefficient (Wildman–Crippen LogP) is 2.73. The first kappa shape index (κ1) is 12.5. The lowest BCUT2D eigenvalue weighted by Gasteiger charge is -2.06. The summed E-state index contributed by atoms with van der Waals surface area (Å²) in [5.41, 5.74) is 9.61. The monoisotopic (exact) mass is 267 g/mol. The zero-order valence-electron chi connectivity index (χ0n) is 11.4. The summed E-state index contributed by atoms with van der Waals surface area (Å²) in [6.07, 6.45) is 8.65. The Balaban J connectivity index is 1.98. The highest BCUT2D eigenvalue weighted by Crippen LogP contribution is 2.22. The molecule has 0 spiro atoms. The second-order valence-corrected chi connectivity index (χ2v) is 4.73. The van der Waals surface area contributed by atoms with E-state index in [1.165, 1.54) is 0 Å². The Morgan fingerprint density at radius 2 is 1.95 bits per heavy atom. The van der Waals surface area contributed by atoms with Crippen LogP contribution >= 0.6 is 0 Å². The van der Waals surface area contributed by atoms with Crippen molar-refractivity contribution in [3.63, 3.8) is 0 Å². The van der Waals surface area contributed by atoms with Crippen LogP contribution in [0.2, 0.25) is 0 Å². The number of anilines is 1. The molecule has 1 aromatic carbocycles. The van der Waals surface area contributed by atoms with E-state index < -0.39 is 0 Å². The average Bonchev–Trinajstić information content (AvgIpc) is 3.08. The average molecular weight is 267 g/mol. The fourth-order valence-electron chi connectivity index (χ4n) is 2.20. The maximum atomic E-state index is 5.73. The van der Waals surface area contributed by atoms with Crippen LogP contribution in [0.4, 0.5) is 5.69 Å². The summed E-state index contributed by atoms with van der Waals surface area (Å²) in [6, 6.07) is 7.74. The number of nitrogen functional groups attached to an aromatic ring is 1. The Kier molecular flexibility index (Phi) is 3.25. The molecule has 0 aliphatic rings. The first-order valence-electron chi connectivity index (χ1n) is 6.69. The van der Waals surface area contributed by atoms with Gasteiger partial charge in [-0.15, -0.1) is 0 Å².